The summed E-state index contributed by atoms with van der Waals surface area (Å²) in [4.78, 5) is 32.4. The van der Waals surface area contributed by atoms with Gasteiger partial charge >= 0.3 is 5.69 Å². The number of hydrogen-bond acceptors (Lipinski definition) is 3. The van der Waals surface area contributed by atoms with Gasteiger partial charge in [-0.2, -0.15) is 0 Å². The zero-order valence-corrected chi connectivity index (χ0v) is 12.0. The van der Waals surface area contributed by atoms with Gasteiger partial charge in [-0.3, -0.25) is 14.3 Å². The van der Waals surface area contributed by atoms with Gasteiger partial charge in [0.15, 0.2) is 0 Å². The van der Waals surface area contributed by atoms with Gasteiger partial charge in [-0.25, -0.2) is 4.79 Å². The molecule has 6 nitrogen and oxygen atoms in total. The Labute approximate surface area is 126 Å². The highest BCUT2D eigenvalue weighted by molar-refractivity contribution is 6.01. The van der Waals surface area contributed by atoms with Gasteiger partial charge in [0, 0.05) is 24.5 Å². The number of pyridine rings is 1. The van der Waals surface area contributed by atoms with Crippen LogP contribution in [0.4, 0.5) is 0 Å². The molecule has 112 valence electrons. The Bertz CT molecular complexity index is 903. The summed E-state index contributed by atoms with van der Waals surface area (Å²) >= 11 is 0. The van der Waals surface area contributed by atoms with E-state index >= 15 is 0 Å². The number of likely N-dealkylation sites (tertiary alicyclic amines) is 1. The lowest BCUT2D eigenvalue weighted by atomic mass is 10.1. The molecule has 1 amide bonds. The van der Waals surface area contributed by atoms with Crippen molar-refractivity contribution in [3.8, 4) is 0 Å². The van der Waals surface area contributed by atoms with Crippen molar-refractivity contribution >= 4 is 28.3 Å². The van der Waals surface area contributed by atoms with Crippen molar-refractivity contribution in [1.29, 1.82) is 0 Å². The second-order valence-electron chi connectivity index (χ2n) is 5.71. The monoisotopic (exact) mass is 296 g/mol. The lowest BCUT2D eigenvalue weighted by molar-refractivity contribution is -0.119. The average Bonchev–Trinajstić information content (AvgIpc) is 2.91. The number of piperidine rings is 1. The molecule has 0 unspecified atom stereocenters. The van der Waals surface area contributed by atoms with Crippen molar-refractivity contribution in [2.24, 2.45) is 0 Å². The molecule has 1 aromatic carbocycles. The number of nitrogens with zero attached hydrogens (tertiary/aromatic N) is 3. The molecular formula is C16H16N4O2. The third-order valence-electron chi connectivity index (χ3n) is 4.48. The molecule has 0 atom stereocenters. The molecule has 0 aliphatic carbocycles. The topological polar surface area (TPSA) is 71.0 Å². The fraction of sp³-hybridized carbons (Fsp3) is 0.312. The molecule has 4 rings (SSSR count). The van der Waals surface area contributed by atoms with Crippen molar-refractivity contribution in [2.75, 3.05) is 13.1 Å². The number of H-pyrrole nitrogens is 1. The summed E-state index contributed by atoms with van der Waals surface area (Å²) < 4.78 is 1.80. The number of imidazole rings is 1. The Kier molecular flexibility index (Phi) is 2.96. The molecule has 1 fully saturated rings. The zero-order valence-electron chi connectivity index (χ0n) is 12.0. The third kappa shape index (κ3) is 1.91. The Morgan fingerprint density at radius 1 is 1.23 bits per heavy atom. The number of carbonyl (C=O) groups is 1. The Morgan fingerprint density at radius 2 is 2.00 bits per heavy atom. The van der Waals surface area contributed by atoms with Crippen LogP contribution >= 0.6 is 0 Å². The van der Waals surface area contributed by atoms with Crippen LogP contribution in [0, 0.1) is 0 Å². The molecule has 0 spiro atoms. The van der Waals surface area contributed by atoms with Gasteiger partial charge < -0.3 is 9.88 Å². The minimum absolute atomic E-state index is 0.0993. The predicted molar refractivity (Wildman–Crippen MR) is 83.8 cm³/mol. The van der Waals surface area contributed by atoms with E-state index in [1.54, 1.807) is 15.7 Å². The van der Waals surface area contributed by atoms with E-state index in [1.165, 1.54) is 0 Å². The van der Waals surface area contributed by atoms with Crippen LogP contribution in [-0.2, 0) is 4.79 Å². The minimum atomic E-state index is -0.0993. The number of hydrogen-bond donors (Lipinski definition) is 1. The first-order valence-electron chi connectivity index (χ1n) is 7.45. The van der Waals surface area contributed by atoms with E-state index in [-0.39, 0.29) is 11.7 Å². The Morgan fingerprint density at radius 3 is 2.77 bits per heavy atom. The quantitative estimate of drug-likeness (QED) is 0.731. The molecule has 0 saturated carbocycles. The van der Waals surface area contributed by atoms with Crippen LogP contribution in [0.2, 0.25) is 0 Å². The van der Waals surface area contributed by atoms with Crippen LogP contribution in [-0.4, -0.2) is 38.9 Å². The highest BCUT2D eigenvalue weighted by Crippen LogP contribution is 2.27. The van der Waals surface area contributed by atoms with Crippen LogP contribution in [0.3, 0.4) is 0 Å². The molecule has 2 aromatic heterocycles. The molecule has 1 N–H and O–H groups in total. The first-order valence-corrected chi connectivity index (χ1v) is 7.45. The predicted octanol–water partition coefficient (Wildman–Crippen LogP) is 1.67. The largest absolute Gasteiger partial charge is 0.345 e. The first kappa shape index (κ1) is 13.1. The second-order valence-corrected chi connectivity index (χ2v) is 5.71. The smallest absolute Gasteiger partial charge is 0.326 e. The summed E-state index contributed by atoms with van der Waals surface area (Å²) in [5.74, 6) is 0. The van der Waals surface area contributed by atoms with Crippen molar-refractivity contribution in [1.82, 2.24) is 19.4 Å². The summed E-state index contributed by atoms with van der Waals surface area (Å²) in [6.07, 6.45) is 4.22. The summed E-state index contributed by atoms with van der Waals surface area (Å²) in [6, 6.07) is 7.90. The molecule has 1 saturated heterocycles. The van der Waals surface area contributed by atoms with Crippen LogP contribution in [0.5, 0.6) is 0 Å². The molecule has 0 bridgehead atoms. The summed E-state index contributed by atoms with van der Waals surface area (Å²) in [5.41, 5.74) is 2.46. The van der Waals surface area contributed by atoms with Crippen LogP contribution in [0.25, 0.3) is 21.9 Å². The van der Waals surface area contributed by atoms with E-state index in [9.17, 15) is 9.59 Å². The highest BCUT2D eigenvalue weighted by atomic mass is 16.1. The van der Waals surface area contributed by atoms with Crippen LogP contribution in [0.15, 0.2) is 35.3 Å². The van der Waals surface area contributed by atoms with Crippen LogP contribution < -0.4 is 5.69 Å². The summed E-state index contributed by atoms with van der Waals surface area (Å²) in [7, 11) is 0. The molecule has 1 aliphatic heterocycles. The normalized spacial score (nSPS) is 16.5. The number of fused-ring (bicyclic) bond motifs is 3. The molecule has 3 aromatic rings. The fourth-order valence-electron chi connectivity index (χ4n) is 3.33. The molecule has 0 radical (unpaired) electrons. The minimum Gasteiger partial charge on any atom is -0.345 e. The summed E-state index contributed by atoms with van der Waals surface area (Å²) in [6.45, 7) is 1.38. The van der Waals surface area contributed by atoms with Crippen LogP contribution in [0.1, 0.15) is 18.9 Å². The first-order chi connectivity index (χ1) is 10.8. The van der Waals surface area contributed by atoms with E-state index in [0.29, 0.717) is 13.1 Å². The third-order valence-corrected chi connectivity index (χ3v) is 4.48. The SMILES string of the molecule is O=CN1CCC(n2c(=O)[nH]c3c4ccccc4ncc32)CC1. The maximum atomic E-state index is 12.4. The fourth-order valence-corrected chi connectivity index (χ4v) is 3.33. The van der Waals surface area contributed by atoms with Crippen molar-refractivity contribution in [2.45, 2.75) is 18.9 Å². The molecule has 6 heteroatoms. The Hall–Kier alpha value is -2.63. The molecule has 1 aliphatic rings. The van der Waals surface area contributed by atoms with Gasteiger partial charge in [-0.05, 0) is 18.9 Å². The Balaban J connectivity index is 1.85. The number of carbonyl (C=O) groups excluding carboxylic acids is 1. The van der Waals surface area contributed by atoms with Crippen molar-refractivity contribution in [3.63, 3.8) is 0 Å². The molecule has 22 heavy (non-hydrogen) atoms. The maximum Gasteiger partial charge on any atom is 0.326 e. The van der Waals surface area contributed by atoms with E-state index < -0.39 is 0 Å². The molecule has 3 heterocycles. The van der Waals surface area contributed by atoms with Crippen molar-refractivity contribution in [3.05, 3.63) is 40.9 Å². The van der Waals surface area contributed by atoms with Gasteiger partial charge in [0.05, 0.1) is 22.7 Å². The number of aromatic amines is 1. The van der Waals surface area contributed by atoms with Gasteiger partial charge in [0.2, 0.25) is 6.41 Å². The van der Waals surface area contributed by atoms with Gasteiger partial charge in [-0.1, -0.05) is 18.2 Å². The number of nitrogens with one attached hydrogen (secondary N) is 1. The zero-order chi connectivity index (χ0) is 15.1. The standard InChI is InChI=1S/C16H16N4O2/c21-10-19-7-5-11(6-8-19)20-14-9-17-13-4-2-1-3-12(13)15(14)18-16(20)22/h1-4,9-11H,5-8H2,(H,18,22). The number of para-hydroxylation sites is 1. The number of benzene rings is 1. The molecular weight excluding hydrogens is 280 g/mol. The van der Waals surface area contributed by atoms with Gasteiger partial charge in [0.25, 0.3) is 0 Å². The lowest BCUT2D eigenvalue weighted by Crippen LogP contribution is -2.36. The lowest BCUT2D eigenvalue weighted by Gasteiger charge is -2.29. The summed E-state index contributed by atoms with van der Waals surface area (Å²) in [5, 5.41) is 0.959. The van der Waals surface area contributed by atoms with Gasteiger partial charge in [-0.15, -0.1) is 0 Å². The number of amides is 1. The second kappa shape index (κ2) is 4.98. The average molecular weight is 296 g/mol. The highest BCUT2D eigenvalue weighted by Gasteiger charge is 2.23. The van der Waals surface area contributed by atoms with E-state index in [0.717, 1.165) is 41.2 Å². The van der Waals surface area contributed by atoms with E-state index in [1.807, 2.05) is 24.3 Å². The van der Waals surface area contributed by atoms with Gasteiger partial charge in [0.1, 0.15) is 0 Å². The number of rotatable bonds is 2. The van der Waals surface area contributed by atoms with E-state index in [4.69, 9.17) is 0 Å². The van der Waals surface area contributed by atoms with E-state index in [2.05, 4.69) is 9.97 Å². The number of aromatic nitrogens is 3. The maximum absolute atomic E-state index is 12.4. The van der Waals surface area contributed by atoms with Crippen molar-refractivity contribution < 1.29 is 4.79 Å².